The standard InChI is InChI=1S/C18H19N3O4S/c1-3-13-4-10-16(11-5-13)26(22,23)19-12-17-20-21-18(25-17)14-6-8-15(24-2)9-7-14/h4-11,19H,3,12H2,1-2H3. The summed E-state index contributed by atoms with van der Waals surface area (Å²) in [4.78, 5) is 0.199. The maximum atomic E-state index is 12.3. The highest BCUT2D eigenvalue weighted by Crippen LogP contribution is 2.21. The van der Waals surface area contributed by atoms with Crippen molar-refractivity contribution in [2.45, 2.75) is 24.8 Å². The van der Waals surface area contributed by atoms with E-state index in [9.17, 15) is 8.42 Å². The molecule has 0 unspecified atom stereocenters. The minimum absolute atomic E-state index is 0.0823. The van der Waals surface area contributed by atoms with Crippen LogP contribution in [0, 0.1) is 0 Å². The molecule has 3 aromatic rings. The van der Waals surface area contributed by atoms with Crippen LogP contribution in [-0.4, -0.2) is 25.7 Å². The third-order valence-electron chi connectivity index (χ3n) is 3.86. The molecule has 3 rings (SSSR count). The number of nitrogens with one attached hydrogen (secondary N) is 1. The van der Waals surface area contributed by atoms with Gasteiger partial charge < -0.3 is 9.15 Å². The molecule has 1 heterocycles. The molecule has 0 aliphatic rings. The second kappa shape index (κ2) is 7.67. The fraction of sp³-hybridized carbons (Fsp3) is 0.222. The molecule has 0 saturated heterocycles. The SMILES string of the molecule is CCc1ccc(S(=O)(=O)NCc2nnc(-c3ccc(OC)cc3)o2)cc1. The van der Waals surface area contributed by atoms with E-state index in [1.54, 1.807) is 55.6 Å². The molecular weight excluding hydrogens is 354 g/mol. The largest absolute Gasteiger partial charge is 0.497 e. The van der Waals surface area contributed by atoms with Crippen LogP contribution in [0.1, 0.15) is 18.4 Å². The normalized spacial score (nSPS) is 11.5. The van der Waals surface area contributed by atoms with Gasteiger partial charge in [0.2, 0.25) is 21.8 Å². The van der Waals surface area contributed by atoms with E-state index >= 15 is 0 Å². The smallest absolute Gasteiger partial charge is 0.247 e. The van der Waals surface area contributed by atoms with Crippen molar-refractivity contribution in [1.82, 2.24) is 14.9 Å². The maximum absolute atomic E-state index is 12.3. The van der Waals surface area contributed by atoms with Crippen LogP contribution in [0.5, 0.6) is 5.75 Å². The first-order valence-electron chi connectivity index (χ1n) is 8.07. The summed E-state index contributed by atoms with van der Waals surface area (Å²) in [5, 5.41) is 7.83. The summed E-state index contributed by atoms with van der Waals surface area (Å²) in [5.74, 6) is 1.22. The highest BCUT2D eigenvalue weighted by atomic mass is 32.2. The van der Waals surface area contributed by atoms with Gasteiger partial charge in [0.25, 0.3) is 0 Å². The Balaban J connectivity index is 1.68. The molecule has 0 spiro atoms. The van der Waals surface area contributed by atoms with Gasteiger partial charge in [0.15, 0.2) is 0 Å². The predicted octanol–water partition coefficient (Wildman–Crippen LogP) is 2.79. The summed E-state index contributed by atoms with van der Waals surface area (Å²) in [7, 11) is -2.06. The number of nitrogens with zero attached hydrogens (tertiary/aromatic N) is 2. The molecule has 136 valence electrons. The van der Waals surface area contributed by atoms with E-state index in [0.29, 0.717) is 5.89 Å². The Bertz CT molecular complexity index is 964. The third-order valence-corrected chi connectivity index (χ3v) is 5.28. The molecule has 26 heavy (non-hydrogen) atoms. The first-order chi connectivity index (χ1) is 12.5. The van der Waals surface area contributed by atoms with Gasteiger partial charge in [-0.25, -0.2) is 13.1 Å². The quantitative estimate of drug-likeness (QED) is 0.684. The van der Waals surface area contributed by atoms with Crippen LogP contribution >= 0.6 is 0 Å². The lowest BCUT2D eigenvalue weighted by atomic mass is 10.2. The molecule has 0 bridgehead atoms. The van der Waals surface area contributed by atoms with E-state index in [4.69, 9.17) is 9.15 Å². The Morgan fingerprint density at radius 2 is 1.73 bits per heavy atom. The molecule has 0 aliphatic heterocycles. The Morgan fingerprint density at radius 3 is 2.35 bits per heavy atom. The number of hydrogen-bond donors (Lipinski definition) is 1. The minimum atomic E-state index is -3.64. The van der Waals surface area contributed by atoms with Crippen LogP contribution in [-0.2, 0) is 23.0 Å². The summed E-state index contributed by atoms with van der Waals surface area (Å²) in [6, 6.07) is 13.9. The highest BCUT2D eigenvalue weighted by Gasteiger charge is 2.16. The van der Waals surface area contributed by atoms with E-state index in [1.165, 1.54) is 0 Å². The molecule has 0 amide bonds. The number of hydrogen-bond acceptors (Lipinski definition) is 6. The minimum Gasteiger partial charge on any atom is -0.497 e. The number of benzene rings is 2. The van der Waals surface area contributed by atoms with Gasteiger partial charge in [0.05, 0.1) is 18.6 Å². The van der Waals surface area contributed by atoms with Crippen molar-refractivity contribution in [3.8, 4) is 17.2 Å². The Kier molecular flexibility index (Phi) is 5.34. The van der Waals surface area contributed by atoms with Gasteiger partial charge in [-0.15, -0.1) is 10.2 Å². The average Bonchev–Trinajstić information content (AvgIpc) is 3.16. The van der Waals surface area contributed by atoms with Crippen molar-refractivity contribution >= 4 is 10.0 Å². The first-order valence-corrected chi connectivity index (χ1v) is 9.55. The summed E-state index contributed by atoms with van der Waals surface area (Å²) >= 11 is 0. The summed E-state index contributed by atoms with van der Waals surface area (Å²) in [6.45, 7) is 1.93. The zero-order valence-corrected chi connectivity index (χ0v) is 15.3. The van der Waals surface area contributed by atoms with Crippen molar-refractivity contribution in [1.29, 1.82) is 0 Å². The maximum Gasteiger partial charge on any atom is 0.247 e. The molecule has 0 radical (unpaired) electrons. The molecule has 1 aromatic heterocycles. The first kappa shape index (κ1) is 18.1. The van der Waals surface area contributed by atoms with Crippen LogP contribution in [0.25, 0.3) is 11.5 Å². The van der Waals surface area contributed by atoms with Gasteiger partial charge in [0.1, 0.15) is 5.75 Å². The van der Waals surface area contributed by atoms with E-state index in [2.05, 4.69) is 14.9 Å². The lowest BCUT2D eigenvalue weighted by Crippen LogP contribution is -2.23. The zero-order chi connectivity index (χ0) is 18.6. The fourth-order valence-corrected chi connectivity index (χ4v) is 3.29. The van der Waals surface area contributed by atoms with Gasteiger partial charge >= 0.3 is 0 Å². The molecular formula is C18H19N3O4S. The lowest BCUT2D eigenvalue weighted by molar-refractivity contribution is 0.415. The van der Waals surface area contributed by atoms with Crippen molar-refractivity contribution in [3.63, 3.8) is 0 Å². The molecule has 7 nitrogen and oxygen atoms in total. The summed E-state index contributed by atoms with van der Waals surface area (Å²) in [6.07, 6.45) is 0.851. The van der Waals surface area contributed by atoms with E-state index in [0.717, 1.165) is 23.3 Å². The summed E-state index contributed by atoms with van der Waals surface area (Å²) in [5.41, 5.74) is 1.80. The van der Waals surface area contributed by atoms with Crippen molar-refractivity contribution in [2.75, 3.05) is 7.11 Å². The third kappa shape index (κ3) is 4.09. The van der Waals surface area contributed by atoms with Crippen LogP contribution in [0.3, 0.4) is 0 Å². The summed E-state index contributed by atoms with van der Waals surface area (Å²) < 4.78 is 37.8. The number of ether oxygens (including phenoxy) is 1. The number of aryl methyl sites for hydroxylation is 1. The van der Waals surface area contributed by atoms with Gasteiger partial charge in [-0.05, 0) is 48.4 Å². The van der Waals surface area contributed by atoms with Gasteiger partial charge in [0, 0.05) is 5.56 Å². The van der Waals surface area contributed by atoms with E-state index < -0.39 is 10.0 Å². The van der Waals surface area contributed by atoms with Gasteiger partial charge in [-0.1, -0.05) is 19.1 Å². The second-order valence-electron chi connectivity index (χ2n) is 5.55. The molecule has 2 aromatic carbocycles. The molecule has 8 heteroatoms. The topological polar surface area (TPSA) is 94.3 Å². The number of rotatable bonds is 7. The zero-order valence-electron chi connectivity index (χ0n) is 14.5. The second-order valence-corrected chi connectivity index (χ2v) is 7.32. The van der Waals surface area contributed by atoms with Crippen LogP contribution < -0.4 is 9.46 Å². The van der Waals surface area contributed by atoms with E-state index in [-0.39, 0.29) is 17.3 Å². The highest BCUT2D eigenvalue weighted by molar-refractivity contribution is 7.89. The predicted molar refractivity (Wildman–Crippen MR) is 96.1 cm³/mol. The molecule has 0 fully saturated rings. The van der Waals surface area contributed by atoms with Gasteiger partial charge in [-0.2, -0.15) is 0 Å². The van der Waals surface area contributed by atoms with Crippen molar-refractivity contribution in [2.24, 2.45) is 0 Å². The molecule has 1 N–H and O–H groups in total. The Morgan fingerprint density at radius 1 is 1.04 bits per heavy atom. The number of methoxy groups -OCH3 is 1. The van der Waals surface area contributed by atoms with Gasteiger partial charge in [-0.3, -0.25) is 0 Å². The fourth-order valence-electron chi connectivity index (χ4n) is 2.32. The Labute approximate surface area is 152 Å². The van der Waals surface area contributed by atoms with Crippen LogP contribution in [0.15, 0.2) is 57.8 Å². The van der Waals surface area contributed by atoms with Crippen molar-refractivity contribution in [3.05, 3.63) is 60.0 Å². The number of aromatic nitrogens is 2. The van der Waals surface area contributed by atoms with Crippen molar-refractivity contribution < 1.29 is 17.6 Å². The molecule has 0 atom stereocenters. The Hall–Kier alpha value is -2.71. The average molecular weight is 373 g/mol. The molecule has 0 aliphatic carbocycles. The monoisotopic (exact) mass is 373 g/mol. The van der Waals surface area contributed by atoms with Crippen LogP contribution in [0.2, 0.25) is 0 Å². The van der Waals surface area contributed by atoms with Crippen LogP contribution in [0.4, 0.5) is 0 Å². The lowest BCUT2D eigenvalue weighted by Gasteiger charge is -2.05. The molecule has 0 saturated carbocycles. The number of sulfonamides is 1. The van der Waals surface area contributed by atoms with E-state index in [1.807, 2.05) is 6.92 Å².